The maximum absolute atomic E-state index is 13.8. The van der Waals surface area contributed by atoms with Gasteiger partial charge in [-0.2, -0.15) is 0 Å². The van der Waals surface area contributed by atoms with Gasteiger partial charge in [-0.25, -0.2) is 9.18 Å². The lowest BCUT2D eigenvalue weighted by molar-refractivity contribution is -0.125. The van der Waals surface area contributed by atoms with E-state index in [9.17, 15) is 14.0 Å². The lowest BCUT2D eigenvalue weighted by atomic mass is 9.85. The van der Waals surface area contributed by atoms with Crippen LogP contribution in [0.1, 0.15) is 17.3 Å². The van der Waals surface area contributed by atoms with Crippen molar-refractivity contribution in [3.63, 3.8) is 0 Å². The van der Waals surface area contributed by atoms with Crippen molar-refractivity contribution < 1.29 is 23.5 Å². The van der Waals surface area contributed by atoms with Crippen LogP contribution in [0.15, 0.2) is 18.2 Å². The molecule has 0 radical (unpaired) electrons. The summed E-state index contributed by atoms with van der Waals surface area (Å²) in [7, 11) is 1.22. The van der Waals surface area contributed by atoms with E-state index in [4.69, 9.17) is 10.5 Å². The lowest BCUT2D eigenvalue weighted by Crippen LogP contribution is -2.47. The van der Waals surface area contributed by atoms with Gasteiger partial charge in [-0.1, -0.05) is 0 Å². The molecule has 0 aromatic heterocycles. The van der Waals surface area contributed by atoms with Gasteiger partial charge < -0.3 is 20.5 Å². The van der Waals surface area contributed by atoms with Gasteiger partial charge in [-0.15, -0.1) is 0 Å². The fraction of sp³-hybridized carbons (Fsp3) is 0.429. The first-order valence-corrected chi connectivity index (χ1v) is 6.41. The van der Waals surface area contributed by atoms with Crippen molar-refractivity contribution in [2.75, 3.05) is 25.6 Å². The first kappa shape index (κ1) is 15.4. The van der Waals surface area contributed by atoms with Gasteiger partial charge in [0.25, 0.3) is 0 Å². The smallest absolute Gasteiger partial charge is 0.337 e. The highest BCUT2D eigenvalue weighted by atomic mass is 19.1. The van der Waals surface area contributed by atoms with Crippen LogP contribution >= 0.6 is 0 Å². The van der Waals surface area contributed by atoms with E-state index in [-0.39, 0.29) is 24.5 Å². The summed E-state index contributed by atoms with van der Waals surface area (Å²) < 4.78 is 23.5. The fourth-order valence-electron chi connectivity index (χ4n) is 2.05. The Balaban J connectivity index is 2.23. The average Bonchev–Trinajstić information content (AvgIpc) is 2.81. The van der Waals surface area contributed by atoms with Gasteiger partial charge in [-0.05, 0) is 25.1 Å². The Hall–Kier alpha value is -1.99. The zero-order chi connectivity index (χ0) is 15.6. The standard InChI is InChI=1S/C14H17FN2O4/c1-14(7-21-6-11(14)16)13(19)17-10-5-8(12(18)20-2)3-4-9(10)15/h3-5,11H,6-7,16H2,1-2H3,(H,17,19). The summed E-state index contributed by atoms with van der Waals surface area (Å²) >= 11 is 0. The van der Waals surface area contributed by atoms with E-state index in [1.54, 1.807) is 6.92 Å². The number of anilines is 1. The number of esters is 1. The van der Waals surface area contributed by atoms with Crippen LogP contribution in [0.4, 0.5) is 10.1 Å². The average molecular weight is 296 g/mol. The van der Waals surface area contributed by atoms with Crippen molar-refractivity contribution in [3.8, 4) is 0 Å². The molecule has 0 bridgehead atoms. The van der Waals surface area contributed by atoms with E-state index in [0.717, 1.165) is 6.07 Å². The molecule has 0 spiro atoms. The molecule has 7 heteroatoms. The van der Waals surface area contributed by atoms with Crippen LogP contribution in [-0.2, 0) is 14.3 Å². The van der Waals surface area contributed by atoms with E-state index in [0.29, 0.717) is 0 Å². The van der Waals surface area contributed by atoms with Crippen molar-refractivity contribution in [1.82, 2.24) is 0 Å². The maximum atomic E-state index is 13.8. The van der Waals surface area contributed by atoms with Gasteiger partial charge in [-0.3, -0.25) is 4.79 Å². The minimum Gasteiger partial charge on any atom is -0.465 e. The molecule has 21 heavy (non-hydrogen) atoms. The first-order chi connectivity index (χ1) is 9.88. The number of carbonyl (C=O) groups is 2. The normalized spacial score (nSPS) is 24.7. The Kier molecular flexibility index (Phi) is 4.24. The molecule has 1 aromatic rings. The van der Waals surface area contributed by atoms with Crippen molar-refractivity contribution in [2.24, 2.45) is 11.1 Å². The second kappa shape index (κ2) is 5.79. The number of halogens is 1. The zero-order valence-electron chi connectivity index (χ0n) is 11.8. The number of nitrogens with one attached hydrogen (secondary N) is 1. The van der Waals surface area contributed by atoms with Crippen molar-refractivity contribution >= 4 is 17.6 Å². The Morgan fingerprint density at radius 1 is 1.52 bits per heavy atom. The highest BCUT2D eigenvalue weighted by Gasteiger charge is 2.44. The molecule has 2 atom stereocenters. The summed E-state index contributed by atoms with van der Waals surface area (Å²) in [5.74, 6) is -1.71. The fourth-order valence-corrected chi connectivity index (χ4v) is 2.05. The molecule has 2 rings (SSSR count). The molecule has 6 nitrogen and oxygen atoms in total. The molecule has 0 aliphatic carbocycles. The number of carbonyl (C=O) groups excluding carboxylic acids is 2. The molecule has 3 N–H and O–H groups in total. The van der Waals surface area contributed by atoms with Crippen LogP contribution < -0.4 is 11.1 Å². The number of benzene rings is 1. The summed E-state index contributed by atoms with van der Waals surface area (Å²) in [5.41, 5.74) is 4.97. The Bertz CT molecular complexity index is 578. The third kappa shape index (κ3) is 2.88. The van der Waals surface area contributed by atoms with Gasteiger partial charge >= 0.3 is 5.97 Å². The molecule has 2 unspecified atom stereocenters. The number of hydrogen-bond acceptors (Lipinski definition) is 5. The van der Waals surface area contributed by atoms with Crippen molar-refractivity contribution in [1.29, 1.82) is 0 Å². The van der Waals surface area contributed by atoms with E-state index in [1.807, 2.05) is 0 Å². The van der Waals surface area contributed by atoms with Crippen molar-refractivity contribution in [2.45, 2.75) is 13.0 Å². The third-order valence-electron chi connectivity index (χ3n) is 3.67. The van der Waals surface area contributed by atoms with Crippen LogP contribution in [0.25, 0.3) is 0 Å². The molecule has 0 saturated carbocycles. The first-order valence-electron chi connectivity index (χ1n) is 6.41. The second-order valence-corrected chi connectivity index (χ2v) is 5.18. The molecule has 1 aromatic carbocycles. The largest absolute Gasteiger partial charge is 0.465 e. The van der Waals surface area contributed by atoms with Gasteiger partial charge in [0.05, 0.1) is 37.0 Å². The quantitative estimate of drug-likeness (QED) is 0.809. The minimum atomic E-state index is -0.937. The zero-order valence-corrected chi connectivity index (χ0v) is 11.8. The predicted molar refractivity (Wildman–Crippen MR) is 73.3 cm³/mol. The molecule has 1 amide bonds. The summed E-state index contributed by atoms with van der Waals surface area (Å²) in [4.78, 5) is 23.7. The Morgan fingerprint density at radius 2 is 2.24 bits per heavy atom. The van der Waals surface area contributed by atoms with Gasteiger partial charge in [0.1, 0.15) is 5.82 Å². The van der Waals surface area contributed by atoms with Crippen LogP contribution in [0, 0.1) is 11.2 Å². The SMILES string of the molecule is COC(=O)c1ccc(F)c(NC(=O)C2(C)COCC2N)c1. The summed E-state index contributed by atoms with van der Waals surface area (Å²) in [6, 6.07) is 3.13. The third-order valence-corrected chi connectivity index (χ3v) is 3.67. The van der Waals surface area contributed by atoms with E-state index in [1.165, 1.54) is 19.2 Å². The highest BCUT2D eigenvalue weighted by molar-refractivity contribution is 5.97. The van der Waals surface area contributed by atoms with Crippen LogP contribution in [0.5, 0.6) is 0 Å². The number of hydrogen-bond donors (Lipinski definition) is 2. The number of amides is 1. The van der Waals surface area contributed by atoms with Gasteiger partial charge in [0, 0.05) is 6.04 Å². The van der Waals surface area contributed by atoms with Crippen molar-refractivity contribution in [3.05, 3.63) is 29.6 Å². The molecule has 1 aliphatic rings. The summed E-state index contributed by atoms with van der Waals surface area (Å²) in [6.07, 6.45) is 0. The molecular weight excluding hydrogens is 279 g/mol. The molecule has 1 aliphatic heterocycles. The topological polar surface area (TPSA) is 90.6 Å². The van der Waals surface area contributed by atoms with Crippen LogP contribution in [-0.4, -0.2) is 38.2 Å². The molecule has 1 saturated heterocycles. The number of ether oxygens (including phenoxy) is 2. The Labute approximate surface area is 121 Å². The highest BCUT2D eigenvalue weighted by Crippen LogP contribution is 2.29. The maximum Gasteiger partial charge on any atom is 0.337 e. The number of rotatable bonds is 3. The lowest BCUT2D eigenvalue weighted by Gasteiger charge is -2.25. The van der Waals surface area contributed by atoms with Crippen LogP contribution in [0.2, 0.25) is 0 Å². The predicted octanol–water partition coefficient (Wildman–Crippen LogP) is 0.915. The molecular formula is C14H17FN2O4. The number of nitrogens with two attached hydrogens (primary N) is 1. The number of methoxy groups -OCH3 is 1. The van der Waals surface area contributed by atoms with E-state index >= 15 is 0 Å². The van der Waals surface area contributed by atoms with Gasteiger partial charge in [0.2, 0.25) is 5.91 Å². The second-order valence-electron chi connectivity index (χ2n) is 5.18. The molecule has 1 fully saturated rings. The molecule has 114 valence electrons. The summed E-state index contributed by atoms with van der Waals surface area (Å²) in [5, 5.41) is 2.46. The minimum absolute atomic E-state index is 0.0942. The molecule has 1 heterocycles. The van der Waals surface area contributed by atoms with E-state index < -0.39 is 29.2 Å². The van der Waals surface area contributed by atoms with E-state index in [2.05, 4.69) is 10.1 Å². The van der Waals surface area contributed by atoms with Gasteiger partial charge in [0.15, 0.2) is 0 Å². The monoisotopic (exact) mass is 296 g/mol. The Morgan fingerprint density at radius 3 is 2.81 bits per heavy atom. The summed E-state index contributed by atoms with van der Waals surface area (Å²) in [6.45, 7) is 2.09. The van der Waals surface area contributed by atoms with Crippen LogP contribution in [0.3, 0.4) is 0 Å².